The Kier molecular flexibility index (Phi) is 5.62. The van der Waals surface area contributed by atoms with Crippen LogP contribution in [0.4, 0.5) is 0 Å². The van der Waals surface area contributed by atoms with Gasteiger partial charge in [-0.25, -0.2) is 0 Å². The first-order valence-corrected chi connectivity index (χ1v) is 7.47. The third-order valence-corrected chi connectivity index (χ3v) is 3.91. The highest BCUT2D eigenvalue weighted by atomic mass is 16.5. The molecule has 0 saturated heterocycles. The first-order chi connectivity index (χ1) is 11.4. The van der Waals surface area contributed by atoms with Crippen molar-refractivity contribution >= 4 is 17.8 Å². The second-order valence-corrected chi connectivity index (χ2v) is 5.52. The minimum Gasteiger partial charge on any atom is -0.493 e. The Morgan fingerprint density at radius 2 is 1.83 bits per heavy atom. The molecule has 0 aliphatic heterocycles. The van der Waals surface area contributed by atoms with E-state index in [0.29, 0.717) is 29.9 Å². The van der Waals surface area contributed by atoms with Gasteiger partial charge in [0.1, 0.15) is 0 Å². The van der Waals surface area contributed by atoms with E-state index >= 15 is 0 Å². The summed E-state index contributed by atoms with van der Waals surface area (Å²) in [5.74, 6) is -1.08. The van der Waals surface area contributed by atoms with Crippen LogP contribution >= 0.6 is 0 Å². The SMILES string of the molecule is COc1ccc(C(=O)NCC(=O)NC2CC(C(=O)O)C2)cc1OC. The zero-order valence-electron chi connectivity index (χ0n) is 13.5. The van der Waals surface area contributed by atoms with Crippen molar-refractivity contribution < 1.29 is 29.0 Å². The summed E-state index contributed by atoms with van der Waals surface area (Å²) in [6, 6.07) is 4.55. The molecule has 0 unspecified atom stereocenters. The maximum Gasteiger partial charge on any atom is 0.306 e. The molecule has 0 aromatic heterocycles. The Morgan fingerprint density at radius 1 is 1.17 bits per heavy atom. The van der Waals surface area contributed by atoms with Crippen LogP contribution in [0.25, 0.3) is 0 Å². The number of hydrogen-bond acceptors (Lipinski definition) is 5. The molecular weight excluding hydrogens is 316 g/mol. The summed E-state index contributed by atoms with van der Waals surface area (Å²) >= 11 is 0. The van der Waals surface area contributed by atoms with E-state index < -0.39 is 17.8 Å². The van der Waals surface area contributed by atoms with E-state index in [4.69, 9.17) is 14.6 Å². The number of amides is 2. The topological polar surface area (TPSA) is 114 Å². The van der Waals surface area contributed by atoms with Crippen LogP contribution in [-0.2, 0) is 9.59 Å². The predicted octanol–water partition coefficient (Wildman–Crippen LogP) is 0.413. The molecule has 0 bridgehead atoms. The number of nitrogens with one attached hydrogen (secondary N) is 2. The van der Waals surface area contributed by atoms with Crippen LogP contribution in [0.15, 0.2) is 18.2 Å². The number of aliphatic carboxylic acids is 1. The fourth-order valence-corrected chi connectivity index (χ4v) is 2.46. The lowest BCUT2D eigenvalue weighted by Crippen LogP contribution is -2.49. The first-order valence-electron chi connectivity index (χ1n) is 7.47. The number of carbonyl (C=O) groups excluding carboxylic acids is 2. The van der Waals surface area contributed by atoms with Crippen molar-refractivity contribution in [3.05, 3.63) is 23.8 Å². The average Bonchev–Trinajstić information content (AvgIpc) is 2.54. The van der Waals surface area contributed by atoms with Gasteiger partial charge >= 0.3 is 5.97 Å². The van der Waals surface area contributed by atoms with Gasteiger partial charge in [0, 0.05) is 11.6 Å². The fourth-order valence-electron chi connectivity index (χ4n) is 2.46. The molecular formula is C16H20N2O6. The highest BCUT2D eigenvalue weighted by Crippen LogP contribution is 2.28. The Morgan fingerprint density at radius 3 is 2.42 bits per heavy atom. The second kappa shape index (κ2) is 7.67. The number of hydrogen-bond donors (Lipinski definition) is 3. The van der Waals surface area contributed by atoms with Crippen LogP contribution < -0.4 is 20.1 Å². The molecule has 0 radical (unpaired) electrons. The highest BCUT2D eigenvalue weighted by Gasteiger charge is 2.35. The molecule has 1 aromatic carbocycles. The van der Waals surface area contributed by atoms with Gasteiger partial charge in [-0.15, -0.1) is 0 Å². The van der Waals surface area contributed by atoms with Crippen molar-refractivity contribution in [1.29, 1.82) is 0 Å². The Bertz CT molecular complexity index is 639. The van der Waals surface area contributed by atoms with Crippen LogP contribution in [0.3, 0.4) is 0 Å². The quantitative estimate of drug-likeness (QED) is 0.665. The van der Waals surface area contributed by atoms with Crippen molar-refractivity contribution in [2.45, 2.75) is 18.9 Å². The van der Waals surface area contributed by atoms with Crippen LogP contribution in [0.2, 0.25) is 0 Å². The molecule has 1 saturated carbocycles. The van der Waals surface area contributed by atoms with Gasteiger partial charge in [0.2, 0.25) is 5.91 Å². The van der Waals surface area contributed by atoms with Gasteiger partial charge in [0.25, 0.3) is 5.91 Å². The van der Waals surface area contributed by atoms with E-state index in [0.717, 1.165) is 0 Å². The molecule has 0 atom stereocenters. The Hall–Kier alpha value is -2.77. The summed E-state index contributed by atoms with van der Waals surface area (Å²) in [6.45, 7) is -0.179. The van der Waals surface area contributed by atoms with E-state index in [1.807, 2.05) is 0 Å². The van der Waals surface area contributed by atoms with Gasteiger partial charge in [-0.3, -0.25) is 14.4 Å². The largest absolute Gasteiger partial charge is 0.493 e. The van der Waals surface area contributed by atoms with Crippen molar-refractivity contribution in [1.82, 2.24) is 10.6 Å². The molecule has 130 valence electrons. The number of carboxylic acids is 1. The van der Waals surface area contributed by atoms with Crippen LogP contribution in [0, 0.1) is 5.92 Å². The minimum absolute atomic E-state index is 0.142. The van der Waals surface area contributed by atoms with E-state index in [1.54, 1.807) is 12.1 Å². The van der Waals surface area contributed by atoms with Crippen molar-refractivity contribution in [3.8, 4) is 11.5 Å². The smallest absolute Gasteiger partial charge is 0.306 e. The van der Waals surface area contributed by atoms with Gasteiger partial charge in [-0.2, -0.15) is 0 Å². The van der Waals surface area contributed by atoms with E-state index in [1.165, 1.54) is 20.3 Å². The van der Waals surface area contributed by atoms with Crippen LogP contribution in [-0.4, -0.2) is 49.7 Å². The number of ether oxygens (including phenoxy) is 2. The molecule has 2 rings (SSSR count). The lowest BCUT2D eigenvalue weighted by Gasteiger charge is -2.32. The minimum atomic E-state index is -0.845. The molecule has 8 heteroatoms. The van der Waals surface area contributed by atoms with Crippen molar-refractivity contribution in [2.24, 2.45) is 5.92 Å². The molecule has 2 amide bonds. The highest BCUT2D eigenvalue weighted by molar-refractivity contribution is 5.97. The van der Waals surface area contributed by atoms with E-state index in [9.17, 15) is 14.4 Å². The van der Waals surface area contributed by atoms with Gasteiger partial charge < -0.3 is 25.2 Å². The van der Waals surface area contributed by atoms with Crippen LogP contribution in [0.5, 0.6) is 11.5 Å². The molecule has 8 nitrogen and oxygen atoms in total. The Balaban J connectivity index is 1.80. The lowest BCUT2D eigenvalue weighted by molar-refractivity contribution is -0.146. The third kappa shape index (κ3) is 4.15. The summed E-state index contributed by atoms with van der Waals surface area (Å²) in [7, 11) is 2.97. The molecule has 3 N–H and O–H groups in total. The summed E-state index contributed by atoms with van der Waals surface area (Å²) in [6.07, 6.45) is 0.843. The molecule has 1 aromatic rings. The number of benzene rings is 1. The van der Waals surface area contributed by atoms with Crippen molar-refractivity contribution in [3.63, 3.8) is 0 Å². The third-order valence-electron chi connectivity index (χ3n) is 3.91. The zero-order chi connectivity index (χ0) is 17.7. The molecule has 1 fully saturated rings. The lowest BCUT2D eigenvalue weighted by atomic mass is 9.80. The maximum atomic E-state index is 12.1. The van der Waals surface area contributed by atoms with Gasteiger partial charge in [-0.1, -0.05) is 0 Å². The van der Waals surface area contributed by atoms with Gasteiger partial charge in [0.05, 0.1) is 26.7 Å². The zero-order valence-corrected chi connectivity index (χ0v) is 13.5. The first kappa shape index (κ1) is 17.6. The second-order valence-electron chi connectivity index (χ2n) is 5.52. The fraction of sp³-hybridized carbons (Fsp3) is 0.438. The maximum absolute atomic E-state index is 12.1. The molecule has 1 aliphatic rings. The van der Waals surface area contributed by atoms with Gasteiger partial charge in [0.15, 0.2) is 11.5 Å². The van der Waals surface area contributed by atoms with E-state index in [2.05, 4.69) is 10.6 Å². The molecule has 1 aliphatic carbocycles. The molecule has 0 heterocycles. The Labute approximate surface area is 139 Å². The summed E-state index contributed by atoms with van der Waals surface area (Å²) in [5.41, 5.74) is 0.343. The van der Waals surface area contributed by atoms with Crippen molar-refractivity contribution in [2.75, 3.05) is 20.8 Å². The van der Waals surface area contributed by atoms with Gasteiger partial charge in [-0.05, 0) is 31.0 Å². The molecule has 0 spiro atoms. The standard InChI is InChI=1S/C16H20N2O6/c1-23-12-4-3-9(7-13(12)24-2)15(20)17-8-14(19)18-11-5-10(6-11)16(21)22/h3-4,7,10-11H,5-6,8H2,1-2H3,(H,17,20)(H,18,19)(H,21,22). The molecule has 24 heavy (non-hydrogen) atoms. The monoisotopic (exact) mass is 336 g/mol. The average molecular weight is 336 g/mol. The number of rotatable bonds is 7. The normalized spacial score (nSPS) is 18.9. The summed E-state index contributed by atoms with van der Waals surface area (Å²) in [5, 5.41) is 14.0. The number of methoxy groups -OCH3 is 2. The van der Waals surface area contributed by atoms with E-state index in [-0.39, 0.29) is 18.5 Å². The van der Waals surface area contributed by atoms with Crippen LogP contribution in [0.1, 0.15) is 23.2 Å². The predicted molar refractivity (Wildman–Crippen MR) is 84.2 cm³/mol. The number of carbonyl (C=O) groups is 3. The number of carboxylic acid groups (broad SMARTS) is 1. The summed E-state index contributed by atoms with van der Waals surface area (Å²) < 4.78 is 10.2. The summed E-state index contributed by atoms with van der Waals surface area (Å²) in [4.78, 5) is 34.5.